The summed E-state index contributed by atoms with van der Waals surface area (Å²) < 4.78 is 13.3. The summed E-state index contributed by atoms with van der Waals surface area (Å²) >= 11 is 0. The van der Waals surface area contributed by atoms with Crippen molar-refractivity contribution in [1.29, 1.82) is 5.41 Å². The van der Waals surface area contributed by atoms with Crippen LogP contribution in [0, 0.1) is 11.2 Å². The number of halogens is 1. The molecule has 0 atom stereocenters. The van der Waals surface area contributed by atoms with Crippen molar-refractivity contribution in [1.82, 2.24) is 15.0 Å². The zero-order chi connectivity index (χ0) is 16.6. The van der Waals surface area contributed by atoms with Crippen LogP contribution >= 0.6 is 0 Å². The number of anilines is 1. The predicted molar refractivity (Wildman–Crippen MR) is 85.8 cm³/mol. The normalized spacial score (nSPS) is 10.7. The number of ketones is 1. The summed E-state index contributed by atoms with van der Waals surface area (Å²) in [7, 11) is 1.65. The number of fused-ring (bicyclic) bond motifs is 1. The number of carbonyl (C=O) groups excluding carboxylic acids is 1. The van der Waals surface area contributed by atoms with Crippen molar-refractivity contribution in [3.05, 3.63) is 53.2 Å². The molecule has 3 aromatic rings. The van der Waals surface area contributed by atoms with E-state index in [4.69, 9.17) is 5.41 Å². The monoisotopic (exact) mass is 311 g/mol. The van der Waals surface area contributed by atoms with E-state index in [0.29, 0.717) is 33.7 Å². The van der Waals surface area contributed by atoms with E-state index in [2.05, 4.69) is 20.3 Å². The van der Waals surface area contributed by atoms with Crippen LogP contribution in [0.15, 0.2) is 30.6 Å². The number of hydrogen-bond donors (Lipinski definition) is 3. The number of nitrogens with zero attached hydrogens (tertiary/aromatic N) is 2. The lowest BCUT2D eigenvalue weighted by Crippen LogP contribution is -2.09. The van der Waals surface area contributed by atoms with Crippen molar-refractivity contribution in [3.63, 3.8) is 0 Å². The Morgan fingerprint density at radius 3 is 2.83 bits per heavy atom. The molecule has 0 saturated heterocycles. The molecule has 6 nitrogen and oxygen atoms in total. The predicted octanol–water partition coefficient (Wildman–Crippen LogP) is 2.76. The minimum atomic E-state index is -0.392. The second-order valence-electron chi connectivity index (χ2n) is 5.03. The number of H-pyrrole nitrogens is 1. The fourth-order valence-corrected chi connectivity index (χ4v) is 2.36. The SMILES string of the molecule is CNc1cc(F)ccc1C(=N)c1cnc2[nH]cc(C(C)=O)c2n1. The second kappa shape index (κ2) is 5.60. The van der Waals surface area contributed by atoms with Crippen molar-refractivity contribution < 1.29 is 9.18 Å². The van der Waals surface area contributed by atoms with Gasteiger partial charge in [-0.05, 0) is 25.1 Å². The van der Waals surface area contributed by atoms with Gasteiger partial charge < -0.3 is 10.3 Å². The van der Waals surface area contributed by atoms with E-state index in [-0.39, 0.29) is 11.5 Å². The zero-order valence-electron chi connectivity index (χ0n) is 12.6. The highest BCUT2D eigenvalue weighted by Crippen LogP contribution is 2.21. The lowest BCUT2D eigenvalue weighted by atomic mass is 10.0. The van der Waals surface area contributed by atoms with Crippen LogP contribution in [0.4, 0.5) is 10.1 Å². The van der Waals surface area contributed by atoms with Gasteiger partial charge in [0.15, 0.2) is 11.4 Å². The van der Waals surface area contributed by atoms with Crippen LogP contribution in [-0.4, -0.2) is 33.5 Å². The molecule has 0 aliphatic rings. The summed E-state index contributed by atoms with van der Waals surface area (Å²) in [6.45, 7) is 1.45. The molecule has 23 heavy (non-hydrogen) atoms. The van der Waals surface area contributed by atoms with Gasteiger partial charge in [-0.2, -0.15) is 0 Å². The first-order chi connectivity index (χ1) is 11.0. The van der Waals surface area contributed by atoms with E-state index < -0.39 is 5.82 Å². The molecule has 1 aromatic carbocycles. The van der Waals surface area contributed by atoms with Crippen LogP contribution in [-0.2, 0) is 0 Å². The average Bonchev–Trinajstić information content (AvgIpc) is 2.97. The van der Waals surface area contributed by atoms with Crippen molar-refractivity contribution in [2.24, 2.45) is 0 Å². The molecule has 2 aromatic heterocycles. The van der Waals surface area contributed by atoms with Gasteiger partial charge in [-0.25, -0.2) is 14.4 Å². The Morgan fingerprint density at radius 2 is 2.13 bits per heavy atom. The van der Waals surface area contributed by atoms with E-state index in [0.717, 1.165) is 0 Å². The van der Waals surface area contributed by atoms with Gasteiger partial charge in [-0.3, -0.25) is 10.2 Å². The molecule has 2 heterocycles. The van der Waals surface area contributed by atoms with Gasteiger partial charge in [0, 0.05) is 24.5 Å². The van der Waals surface area contributed by atoms with Crippen LogP contribution in [0.25, 0.3) is 11.2 Å². The summed E-state index contributed by atoms with van der Waals surface area (Å²) in [6.07, 6.45) is 3.01. The van der Waals surface area contributed by atoms with Gasteiger partial charge in [0.1, 0.15) is 17.0 Å². The summed E-state index contributed by atoms with van der Waals surface area (Å²) in [4.78, 5) is 23.1. The average molecular weight is 311 g/mol. The molecule has 3 rings (SSSR count). The Bertz CT molecular complexity index is 931. The Labute approximate surface area is 131 Å². The van der Waals surface area contributed by atoms with E-state index in [1.165, 1.54) is 31.3 Å². The van der Waals surface area contributed by atoms with Gasteiger partial charge in [-0.15, -0.1) is 0 Å². The molecule has 3 N–H and O–H groups in total. The number of nitrogens with one attached hydrogen (secondary N) is 3. The third-order valence-corrected chi connectivity index (χ3v) is 3.54. The molecule has 7 heteroatoms. The Morgan fingerprint density at radius 1 is 1.35 bits per heavy atom. The molecule has 116 valence electrons. The summed E-state index contributed by atoms with van der Waals surface area (Å²) in [5, 5.41) is 11.2. The van der Waals surface area contributed by atoms with Crippen molar-refractivity contribution in [2.45, 2.75) is 6.92 Å². The molecule has 0 aliphatic heterocycles. The third-order valence-electron chi connectivity index (χ3n) is 3.54. The summed E-state index contributed by atoms with van der Waals surface area (Å²) in [5.74, 6) is -0.524. The molecule has 0 bridgehead atoms. The third kappa shape index (κ3) is 2.57. The smallest absolute Gasteiger partial charge is 0.163 e. The summed E-state index contributed by atoms with van der Waals surface area (Å²) in [6, 6.07) is 4.11. The Kier molecular flexibility index (Phi) is 3.61. The van der Waals surface area contributed by atoms with Crippen molar-refractivity contribution in [2.75, 3.05) is 12.4 Å². The van der Waals surface area contributed by atoms with Gasteiger partial charge in [0.25, 0.3) is 0 Å². The van der Waals surface area contributed by atoms with Gasteiger partial charge in [0.2, 0.25) is 0 Å². The minimum Gasteiger partial charge on any atom is -0.387 e. The maximum atomic E-state index is 13.3. The fourth-order valence-electron chi connectivity index (χ4n) is 2.36. The quantitative estimate of drug-likeness (QED) is 0.510. The number of carbonyl (C=O) groups is 1. The van der Waals surface area contributed by atoms with E-state index in [1.54, 1.807) is 13.2 Å². The minimum absolute atomic E-state index is 0.0967. The van der Waals surface area contributed by atoms with Crippen LogP contribution in [0.5, 0.6) is 0 Å². The lowest BCUT2D eigenvalue weighted by molar-refractivity contribution is 0.101. The molecular weight excluding hydrogens is 297 g/mol. The van der Waals surface area contributed by atoms with Crippen molar-refractivity contribution in [3.8, 4) is 0 Å². The second-order valence-corrected chi connectivity index (χ2v) is 5.03. The maximum Gasteiger partial charge on any atom is 0.163 e. The van der Waals surface area contributed by atoms with Gasteiger partial charge >= 0.3 is 0 Å². The maximum absolute atomic E-state index is 13.3. The zero-order valence-corrected chi connectivity index (χ0v) is 12.6. The number of aromatic amines is 1. The number of Topliss-reactive ketones (excluding diaryl/α,β-unsaturated/α-hetero) is 1. The van der Waals surface area contributed by atoms with Gasteiger partial charge in [0.05, 0.1) is 17.5 Å². The lowest BCUT2D eigenvalue weighted by Gasteiger charge is -2.10. The number of hydrogen-bond acceptors (Lipinski definition) is 5. The highest BCUT2D eigenvalue weighted by atomic mass is 19.1. The first-order valence-electron chi connectivity index (χ1n) is 6.93. The Balaban J connectivity index is 2.11. The topological polar surface area (TPSA) is 94.5 Å². The standard InChI is InChI=1S/C16H14FN5O/c1-8(23)11-6-20-16-15(11)22-13(7-21-16)14(18)10-4-3-9(17)5-12(10)19-2/h3-7,18-19H,1-2H3,(H,20,21). The van der Waals surface area contributed by atoms with E-state index in [1.807, 2.05) is 0 Å². The van der Waals surface area contributed by atoms with Crippen LogP contribution < -0.4 is 5.32 Å². The molecule has 0 amide bonds. The molecule has 0 aliphatic carbocycles. The number of benzene rings is 1. The van der Waals surface area contributed by atoms with E-state index in [9.17, 15) is 9.18 Å². The highest BCUT2D eigenvalue weighted by Gasteiger charge is 2.16. The highest BCUT2D eigenvalue weighted by molar-refractivity contribution is 6.14. The van der Waals surface area contributed by atoms with Crippen LogP contribution in [0.3, 0.4) is 0 Å². The fraction of sp³-hybridized carbons (Fsp3) is 0.125. The van der Waals surface area contributed by atoms with Crippen LogP contribution in [0.1, 0.15) is 28.5 Å². The molecule has 0 spiro atoms. The molecular formula is C16H14FN5O. The number of aromatic nitrogens is 3. The van der Waals surface area contributed by atoms with Crippen molar-refractivity contribution >= 4 is 28.3 Å². The van der Waals surface area contributed by atoms with E-state index >= 15 is 0 Å². The molecule has 0 radical (unpaired) electrons. The van der Waals surface area contributed by atoms with Crippen LogP contribution in [0.2, 0.25) is 0 Å². The molecule has 0 unspecified atom stereocenters. The first kappa shape index (κ1) is 14.8. The largest absolute Gasteiger partial charge is 0.387 e. The van der Waals surface area contributed by atoms with Gasteiger partial charge in [-0.1, -0.05) is 0 Å². The number of rotatable bonds is 4. The Hall–Kier alpha value is -3.09. The summed E-state index contributed by atoms with van der Waals surface area (Å²) in [5.41, 5.74) is 2.73. The molecule has 0 saturated carbocycles. The molecule has 0 fully saturated rings. The first-order valence-corrected chi connectivity index (χ1v) is 6.93.